The molecule has 0 saturated carbocycles. The maximum atomic E-state index is 12.6. The summed E-state index contributed by atoms with van der Waals surface area (Å²) in [6.45, 7) is 2.86. The van der Waals surface area contributed by atoms with Gasteiger partial charge in [-0.1, -0.05) is 0 Å². The van der Waals surface area contributed by atoms with Gasteiger partial charge in [0.05, 0.1) is 16.0 Å². The number of sulfonamides is 1. The molecule has 1 aromatic heterocycles. The van der Waals surface area contributed by atoms with Gasteiger partial charge in [-0.15, -0.1) is 11.3 Å². The summed E-state index contributed by atoms with van der Waals surface area (Å²) < 4.78 is 26.5. The molecule has 0 spiro atoms. The lowest BCUT2D eigenvalue weighted by Gasteiger charge is -2.15. The van der Waals surface area contributed by atoms with E-state index in [0.717, 1.165) is 28.7 Å². The zero-order valence-corrected chi connectivity index (χ0v) is 15.7. The molecule has 0 radical (unpaired) electrons. The number of aryl methyl sites for hydroxylation is 1. The number of anilines is 1. The van der Waals surface area contributed by atoms with Crippen molar-refractivity contribution < 1.29 is 13.3 Å². The van der Waals surface area contributed by atoms with E-state index in [4.69, 9.17) is 0 Å². The normalized spacial score (nSPS) is 15.6. The van der Waals surface area contributed by atoms with E-state index < -0.39 is 14.9 Å². The van der Waals surface area contributed by atoms with Gasteiger partial charge in [-0.2, -0.15) is 9.41 Å². The molecule has 26 heavy (non-hydrogen) atoms. The number of benzene rings is 1. The van der Waals surface area contributed by atoms with Gasteiger partial charge < -0.3 is 0 Å². The molecule has 0 amide bonds. The molecule has 3 rings (SSSR count). The largest absolute Gasteiger partial charge is 0.295 e. The number of hydrogen-bond acceptors (Lipinski definition) is 7. The highest BCUT2D eigenvalue weighted by atomic mass is 32.2. The maximum Gasteiger partial charge on any atom is 0.295 e. The number of hydrogen-bond donors (Lipinski definition) is 1. The molecular weight excluding hydrogens is 376 g/mol. The van der Waals surface area contributed by atoms with Crippen LogP contribution in [0, 0.1) is 17.0 Å². The van der Waals surface area contributed by atoms with E-state index in [1.165, 1.54) is 16.4 Å². The fraction of sp³-hybridized carbons (Fsp3) is 0.312. The lowest BCUT2D eigenvalue weighted by molar-refractivity contribution is -0.384. The van der Waals surface area contributed by atoms with Gasteiger partial charge in [-0.25, -0.2) is 8.42 Å². The fourth-order valence-electron chi connectivity index (χ4n) is 2.68. The van der Waals surface area contributed by atoms with Crippen LogP contribution in [0.3, 0.4) is 0 Å². The summed E-state index contributed by atoms with van der Waals surface area (Å²) in [4.78, 5) is 12.7. The second-order valence-corrected chi connectivity index (χ2v) is 9.12. The Labute approximate surface area is 155 Å². The van der Waals surface area contributed by atoms with Gasteiger partial charge in [-0.3, -0.25) is 15.5 Å². The Kier molecular flexibility index (Phi) is 5.35. The van der Waals surface area contributed by atoms with E-state index in [1.807, 2.05) is 19.1 Å². The van der Waals surface area contributed by atoms with Gasteiger partial charge in [0.25, 0.3) is 5.69 Å². The van der Waals surface area contributed by atoms with Crippen molar-refractivity contribution in [1.82, 2.24) is 4.31 Å². The number of nitrogens with one attached hydrogen (secondary N) is 1. The molecule has 0 unspecified atom stereocenters. The summed E-state index contributed by atoms with van der Waals surface area (Å²) in [7, 11) is -3.71. The lowest BCUT2D eigenvalue weighted by Crippen LogP contribution is -2.27. The quantitative estimate of drug-likeness (QED) is 0.460. The van der Waals surface area contributed by atoms with Crippen molar-refractivity contribution in [3.8, 4) is 0 Å². The first kappa shape index (κ1) is 18.5. The zero-order valence-electron chi connectivity index (χ0n) is 14.1. The Morgan fingerprint density at radius 1 is 1.27 bits per heavy atom. The second-order valence-electron chi connectivity index (χ2n) is 5.87. The average Bonchev–Trinajstić information content (AvgIpc) is 3.27. The molecule has 1 N–H and O–H groups in total. The smallest absolute Gasteiger partial charge is 0.272 e. The molecule has 138 valence electrons. The minimum Gasteiger partial charge on any atom is -0.272 e. The number of rotatable bonds is 6. The highest BCUT2D eigenvalue weighted by molar-refractivity contribution is 7.89. The van der Waals surface area contributed by atoms with Crippen molar-refractivity contribution in [2.75, 3.05) is 18.5 Å². The number of thiophene rings is 1. The SMILES string of the molecule is Cc1ccc(/C=N\Nc2ccc(S(=O)(=O)N3CCCC3)cc2[N+](=O)[O-])s1. The van der Waals surface area contributed by atoms with Crippen LogP contribution in [0.1, 0.15) is 22.6 Å². The van der Waals surface area contributed by atoms with E-state index in [-0.39, 0.29) is 16.3 Å². The van der Waals surface area contributed by atoms with E-state index >= 15 is 0 Å². The summed E-state index contributed by atoms with van der Waals surface area (Å²) in [5, 5.41) is 15.4. The number of nitro benzene ring substituents is 1. The first-order valence-electron chi connectivity index (χ1n) is 8.02. The molecule has 2 aromatic rings. The van der Waals surface area contributed by atoms with Crippen LogP contribution in [-0.4, -0.2) is 37.0 Å². The molecular formula is C16H18N4O4S2. The Morgan fingerprint density at radius 3 is 2.62 bits per heavy atom. The highest BCUT2D eigenvalue weighted by Gasteiger charge is 2.29. The third-order valence-electron chi connectivity index (χ3n) is 4.01. The molecule has 1 fully saturated rings. The third kappa shape index (κ3) is 3.92. The van der Waals surface area contributed by atoms with Gasteiger partial charge in [0.15, 0.2) is 0 Å². The van der Waals surface area contributed by atoms with Crippen LogP contribution < -0.4 is 5.43 Å². The molecule has 0 atom stereocenters. The Balaban J connectivity index is 1.85. The summed E-state index contributed by atoms with van der Waals surface area (Å²) in [6.07, 6.45) is 3.17. The molecule has 2 heterocycles. The summed E-state index contributed by atoms with van der Waals surface area (Å²) in [6, 6.07) is 7.67. The molecule has 8 nitrogen and oxygen atoms in total. The van der Waals surface area contributed by atoms with Gasteiger partial charge >= 0.3 is 0 Å². The van der Waals surface area contributed by atoms with Crippen molar-refractivity contribution in [2.24, 2.45) is 5.10 Å². The fourth-order valence-corrected chi connectivity index (χ4v) is 4.97. The molecule has 1 aliphatic heterocycles. The molecule has 10 heteroatoms. The summed E-state index contributed by atoms with van der Waals surface area (Å²) in [5.74, 6) is 0. The Morgan fingerprint density at radius 2 is 2.00 bits per heavy atom. The van der Waals surface area contributed by atoms with Crippen LogP contribution in [0.2, 0.25) is 0 Å². The van der Waals surface area contributed by atoms with Crippen molar-refractivity contribution in [3.05, 3.63) is 50.2 Å². The summed E-state index contributed by atoms with van der Waals surface area (Å²) >= 11 is 1.55. The van der Waals surface area contributed by atoms with E-state index in [9.17, 15) is 18.5 Å². The summed E-state index contributed by atoms with van der Waals surface area (Å²) in [5.41, 5.74) is 2.44. The molecule has 0 bridgehead atoms. The van der Waals surface area contributed by atoms with Crippen LogP contribution in [0.25, 0.3) is 0 Å². The van der Waals surface area contributed by atoms with Gasteiger partial charge in [-0.05, 0) is 44.0 Å². The van der Waals surface area contributed by atoms with Gasteiger partial charge in [0.1, 0.15) is 5.69 Å². The maximum absolute atomic E-state index is 12.6. The monoisotopic (exact) mass is 394 g/mol. The predicted molar refractivity (Wildman–Crippen MR) is 101 cm³/mol. The minimum absolute atomic E-state index is 0.0745. The first-order chi connectivity index (χ1) is 12.4. The van der Waals surface area contributed by atoms with Gasteiger partial charge in [0.2, 0.25) is 10.0 Å². The standard InChI is InChI=1S/C16H18N4O4S2/c1-12-4-5-13(25-12)11-17-18-15-7-6-14(10-16(15)20(21)22)26(23,24)19-8-2-3-9-19/h4-7,10-11,18H,2-3,8-9H2,1H3/b17-11-. The van der Waals surface area contributed by atoms with Gasteiger partial charge in [0, 0.05) is 28.9 Å². The van der Waals surface area contributed by atoms with Crippen molar-refractivity contribution in [2.45, 2.75) is 24.7 Å². The van der Waals surface area contributed by atoms with Crippen LogP contribution >= 0.6 is 11.3 Å². The second kappa shape index (κ2) is 7.52. The number of hydrazone groups is 1. The van der Waals surface area contributed by atoms with Crippen LogP contribution in [0.15, 0.2) is 40.3 Å². The third-order valence-corrected chi connectivity index (χ3v) is 6.84. The first-order valence-corrected chi connectivity index (χ1v) is 10.3. The van der Waals surface area contributed by atoms with Crippen molar-refractivity contribution >= 4 is 38.9 Å². The predicted octanol–water partition coefficient (Wildman–Crippen LogP) is 3.20. The van der Waals surface area contributed by atoms with E-state index in [2.05, 4.69) is 10.5 Å². The highest BCUT2D eigenvalue weighted by Crippen LogP contribution is 2.30. The van der Waals surface area contributed by atoms with Crippen LogP contribution in [-0.2, 0) is 10.0 Å². The average molecular weight is 394 g/mol. The van der Waals surface area contributed by atoms with Crippen LogP contribution in [0.4, 0.5) is 11.4 Å². The zero-order chi connectivity index (χ0) is 18.7. The number of nitrogens with zero attached hydrogens (tertiary/aromatic N) is 3. The Bertz CT molecular complexity index is 947. The van der Waals surface area contributed by atoms with E-state index in [0.29, 0.717) is 13.1 Å². The molecule has 1 aromatic carbocycles. The Hall–Kier alpha value is -2.30. The van der Waals surface area contributed by atoms with E-state index in [1.54, 1.807) is 17.6 Å². The van der Waals surface area contributed by atoms with Crippen molar-refractivity contribution in [1.29, 1.82) is 0 Å². The molecule has 1 aliphatic rings. The topological polar surface area (TPSA) is 105 Å². The molecule has 1 saturated heterocycles. The number of nitro groups is 1. The van der Waals surface area contributed by atoms with Crippen molar-refractivity contribution in [3.63, 3.8) is 0 Å². The molecule has 0 aliphatic carbocycles. The minimum atomic E-state index is -3.71. The van der Waals surface area contributed by atoms with Crippen LogP contribution in [0.5, 0.6) is 0 Å². The lowest BCUT2D eigenvalue weighted by atomic mass is 10.3.